The van der Waals surface area contributed by atoms with E-state index in [-0.39, 0.29) is 70.2 Å². The molecule has 6 nitrogen and oxygen atoms in total. The van der Waals surface area contributed by atoms with Gasteiger partial charge in [0.05, 0.1) is 26.2 Å². The van der Waals surface area contributed by atoms with E-state index in [9.17, 15) is 19.8 Å². The van der Waals surface area contributed by atoms with E-state index in [0.29, 0.717) is 11.5 Å². The zero-order valence-corrected chi connectivity index (χ0v) is 18.1. The maximum atomic E-state index is 10.2. The molecular weight excluding hydrogens is 334 g/mol. The van der Waals surface area contributed by atoms with Gasteiger partial charge in [-0.1, -0.05) is 0 Å². The molecule has 24 heavy (non-hydrogen) atoms. The van der Waals surface area contributed by atoms with E-state index >= 15 is 0 Å². The van der Waals surface area contributed by atoms with Crippen LogP contribution < -0.4 is 78.8 Å². The summed E-state index contributed by atoms with van der Waals surface area (Å²) in [6, 6.07) is 12.1. The normalized spacial score (nSPS) is 8.42. The fourth-order valence-electron chi connectivity index (χ4n) is 1.45. The van der Waals surface area contributed by atoms with Gasteiger partial charge in [0, 0.05) is 0 Å². The predicted molar refractivity (Wildman–Crippen MR) is 74.6 cm³/mol. The Balaban J connectivity index is 0. The summed E-state index contributed by atoms with van der Waals surface area (Å²) in [5.74, 6) is -1.08. The van der Waals surface area contributed by atoms with Crippen LogP contribution in [0.25, 0.3) is 0 Å². The standard InChI is InChI=1S/2C8H8O3.2Na/c2*1-11-7-4-2-6(3-5-7)8(9)10;;/h2*2-5H,1H3,(H,9,10);;/q;;2*+1/p-2. The quantitative estimate of drug-likeness (QED) is 0.511. The molecule has 0 aliphatic carbocycles. The topological polar surface area (TPSA) is 98.7 Å². The second-order valence-corrected chi connectivity index (χ2v) is 4.03. The minimum Gasteiger partial charge on any atom is -0.545 e. The van der Waals surface area contributed by atoms with Crippen LogP contribution in [0.5, 0.6) is 11.5 Å². The molecule has 0 aromatic heterocycles. The average molecular weight is 348 g/mol. The summed E-state index contributed by atoms with van der Waals surface area (Å²) in [5, 5.41) is 20.5. The molecule has 0 unspecified atom stereocenters. The number of benzene rings is 2. The molecule has 8 heteroatoms. The molecule has 0 heterocycles. The first-order valence-corrected chi connectivity index (χ1v) is 6.18. The van der Waals surface area contributed by atoms with Gasteiger partial charge >= 0.3 is 59.1 Å². The van der Waals surface area contributed by atoms with E-state index in [1.165, 1.54) is 38.5 Å². The van der Waals surface area contributed by atoms with Crippen LogP contribution >= 0.6 is 0 Å². The summed E-state index contributed by atoms with van der Waals surface area (Å²) in [6.07, 6.45) is 0. The number of aromatic carboxylic acids is 2. The second-order valence-electron chi connectivity index (χ2n) is 4.03. The van der Waals surface area contributed by atoms with Crippen molar-refractivity contribution in [2.75, 3.05) is 14.2 Å². The van der Waals surface area contributed by atoms with Gasteiger partial charge in [-0.25, -0.2) is 0 Å². The van der Waals surface area contributed by atoms with E-state index in [1.807, 2.05) is 0 Å². The molecule has 0 fully saturated rings. The molecule has 116 valence electrons. The number of rotatable bonds is 4. The first-order chi connectivity index (χ1) is 10.5. The fraction of sp³-hybridized carbons (Fsp3) is 0.125. The van der Waals surface area contributed by atoms with Crippen LogP contribution in [0.1, 0.15) is 20.7 Å². The molecule has 0 amide bonds. The van der Waals surface area contributed by atoms with Crippen molar-refractivity contribution in [3.05, 3.63) is 59.7 Å². The average Bonchev–Trinajstić information content (AvgIpc) is 2.55. The Hall–Kier alpha value is -1.02. The number of ether oxygens (including phenoxy) is 2. The Morgan fingerprint density at radius 3 is 1.08 bits per heavy atom. The zero-order chi connectivity index (χ0) is 16.5. The van der Waals surface area contributed by atoms with Crippen LogP contribution in [-0.2, 0) is 0 Å². The minimum atomic E-state index is -1.17. The summed E-state index contributed by atoms with van der Waals surface area (Å²) in [4.78, 5) is 20.5. The third-order valence-corrected chi connectivity index (χ3v) is 2.65. The van der Waals surface area contributed by atoms with E-state index < -0.39 is 11.9 Å². The molecular formula is C16H14Na2O6. The number of carbonyl (C=O) groups excluding carboxylic acids is 2. The number of hydrogen-bond donors (Lipinski definition) is 0. The zero-order valence-electron chi connectivity index (χ0n) is 14.1. The third-order valence-electron chi connectivity index (χ3n) is 2.65. The van der Waals surface area contributed by atoms with Crippen LogP contribution in [0, 0.1) is 0 Å². The molecule has 0 N–H and O–H groups in total. The summed E-state index contributed by atoms with van der Waals surface area (Å²) in [6.45, 7) is 0. The first kappa shape index (κ1) is 25.2. The Morgan fingerprint density at radius 1 is 0.667 bits per heavy atom. The predicted octanol–water partition coefficient (Wildman–Crippen LogP) is -5.87. The molecule has 2 aromatic rings. The molecule has 2 rings (SSSR count). The van der Waals surface area contributed by atoms with Gasteiger partial charge < -0.3 is 29.3 Å². The summed E-state index contributed by atoms with van der Waals surface area (Å²) in [5.41, 5.74) is 0.316. The number of methoxy groups -OCH3 is 2. The van der Waals surface area contributed by atoms with Gasteiger partial charge in [-0.2, -0.15) is 0 Å². The fourth-order valence-corrected chi connectivity index (χ4v) is 1.45. The summed E-state index contributed by atoms with van der Waals surface area (Å²) in [7, 11) is 3.04. The molecule has 0 aliphatic heterocycles. The molecule has 0 radical (unpaired) electrons. The molecule has 0 atom stereocenters. The van der Waals surface area contributed by atoms with Crippen LogP contribution in [0.4, 0.5) is 0 Å². The van der Waals surface area contributed by atoms with Crippen molar-refractivity contribution in [1.82, 2.24) is 0 Å². The van der Waals surface area contributed by atoms with Crippen molar-refractivity contribution in [2.45, 2.75) is 0 Å². The smallest absolute Gasteiger partial charge is 0.545 e. The number of carboxylic acid groups (broad SMARTS) is 2. The second kappa shape index (κ2) is 13.3. The molecule has 2 aromatic carbocycles. The first-order valence-electron chi connectivity index (χ1n) is 6.18. The van der Waals surface area contributed by atoms with Crippen LogP contribution in [0.2, 0.25) is 0 Å². The molecule has 0 saturated carbocycles. The molecule has 0 saturated heterocycles. The maximum Gasteiger partial charge on any atom is 1.00 e. The van der Waals surface area contributed by atoms with E-state index in [1.54, 1.807) is 24.3 Å². The van der Waals surface area contributed by atoms with E-state index in [4.69, 9.17) is 9.47 Å². The van der Waals surface area contributed by atoms with Gasteiger partial charge in [0.2, 0.25) is 0 Å². The van der Waals surface area contributed by atoms with Crippen molar-refractivity contribution in [2.24, 2.45) is 0 Å². The van der Waals surface area contributed by atoms with E-state index in [0.717, 1.165) is 0 Å². The van der Waals surface area contributed by atoms with Crippen LogP contribution in [0.15, 0.2) is 48.5 Å². The summed E-state index contributed by atoms with van der Waals surface area (Å²) >= 11 is 0. The number of carboxylic acids is 2. The third kappa shape index (κ3) is 8.73. The number of carbonyl (C=O) groups is 2. The van der Waals surface area contributed by atoms with Gasteiger partial charge in [0.1, 0.15) is 11.5 Å². The monoisotopic (exact) mass is 348 g/mol. The van der Waals surface area contributed by atoms with Gasteiger partial charge in [-0.05, 0) is 59.7 Å². The maximum absolute atomic E-state index is 10.2. The Bertz CT molecular complexity index is 569. The van der Waals surface area contributed by atoms with Crippen molar-refractivity contribution in [1.29, 1.82) is 0 Å². The van der Waals surface area contributed by atoms with E-state index in [2.05, 4.69) is 0 Å². The molecule has 0 bridgehead atoms. The summed E-state index contributed by atoms with van der Waals surface area (Å²) < 4.78 is 9.67. The molecule has 0 spiro atoms. The van der Waals surface area contributed by atoms with Crippen molar-refractivity contribution in [3.8, 4) is 11.5 Å². The Labute approximate surface area is 184 Å². The van der Waals surface area contributed by atoms with Gasteiger partial charge in [-0.3, -0.25) is 0 Å². The molecule has 0 aliphatic rings. The van der Waals surface area contributed by atoms with Gasteiger partial charge in [-0.15, -0.1) is 0 Å². The largest absolute Gasteiger partial charge is 1.00 e. The van der Waals surface area contributed by atoms with Crippen LogP contribution in [-0.4, -0.2) is 26.2 Å². The van der Waals surface area contributed by atoms with Crippen molar-refractivity contribution in [3.63, 3.8) is 0 Å². The van der Waals surface area contributed by atoms with Crippen molar-refractivity contribution >= 4 is 11.9 Å². The number of hydrogen-bond acceptors (Lipinski definition) is 6. The van der Waals surface area contributed by atoms with Crippen molar-refractivity contribution < 1.29 is 88.4 Å². The SMILES string of the molecule is COc1ccc(C(=O)[O-])cc1.COc1ccc(C(=O)[O-])cc1.[Na+].[Na+]. The minimum absolute atomic E-state index is 0. The Morgan fingerprint density at radius 2 is 0.917 bits per heavy atom. The van der Waals surface area contributed by atoms with Gasteiger partial charge in [0.25, 0.3) is 0 Å². The Kier molecular flexibility index (Phi) is 14.0. The van der Waals surface area contributed by atoms with Crippen LogP contribution in [0.3, 0.4) is 0 Å². The van der Waals surface area contributed by atoms with Gasteiger partial charge in [0.15, 0.2) is 0 Å².